The first-order chi connectivity index (χ1) is 56.6. The Labute approximate surface area is 792 Å². The minimum Gasteiger partial charge on any atom is -0.0622 e. The maximum Gasteiger partial charge on any atom is 1.00 e. The van der Waals surface area contributed by atoms with Gasteiger partial charge in [-0.2, -0.15) is 6.42 Å². The van der Waals surface area contributed by atoms with E-state index in [-0.39, 0.29) is 48.0 Å². The summed E-state index contributed by atoms with van der Waals surface area (Å²) in [7, 11) is 13.2. The van der Waals surface area contributed by atoms with Gasteiger partial charge >= 0.3 is 177 Å². The molecule has 0 saturated carbocycles. The Balaban J connectivity index is 0.000000300. The van der Waals surface area contributed by atoms with Gasteiger partial charge < -0.3 is 25.9 Å². The maximum atomic E-state index is 12.6. The van der Waals surface area contributed by atoms with Crippen LogP contribution in [0.3, 0.4) is 0 Å². The molecule has 12 rings (SSSR count). The fourth-order valence-electron chi connectivity index (χ4n) is 11.5. The molecule has 0 aliphatic heterocycles. The zero-order valence-corrected chi connectivity index (χ0v) is 89.7. The van der Waals surface area contributed by atoms with Crippen molar-refractivity contribution in [3.63, 3.8) is 0 Å². The Kier molecular flexibility index (Phi) is 53.4. The minimum atomic E-state index is -2.09. The van der Waals surface area contributed by atoms with Gasteiger partial charge in [-0.3, -0.25) is 0 Å². The molecule has 0 amide bonds. The van der Waals surface area contributed by atoms with E-state index in [1.165, 1.54) is 126 Å². The summed E-state index contributed by atoms with van der Waals surface area (Å²) < 4.78 is 34.4. The largest absolute Gasteiger partial charge is 1.00 e. The number of hydrogen-bond donors (Lipinski definition) is 0. The molecule has 0 N–H and O–H groups in total. The van der Waals surface area contributed by atoms with Crippen molar-refractivity contribution in [2.45, 2.75) is 159 Å². The summed E-state index contributed by atoms with van der Waals surface area (Å²) in [6.07, 6.45) is 10.4. The number of fused-ring (bicyclic) bond motifs is 2. The van der Waals surface area contributed by atoms with Gasteiger partial charge in [-0.1, -0.05) is 235 Å². The van der Waals surface area contributed by atoms with Crippen LogP contribution in [0.1, 0.15) is 148 Å². The average molecular weight is 2200 g/mol. The number of thiophene rings is 4. The van der Waals surface area contributed by atoms with Crippen LogP contribution in [0.2, 0.25) is 52.6 Å². The maximum absolute atomic E-state index is 12.6. The molecule has 8 nitrogen and oxygen atoms in total. The third-order valence-corrected chi connectivity index (χ3v) is 50.5. The Hall–Kier alpha value is -3.38. The second-order valence-electron chi connectivity index (χ2n) is 28.8. The molecule has 0 bridgehead atoms. The first-order valence-corrected chi connectivity index (χ1v) is 68.9. The summed E-state index contributed by atoms with van der Waals surface area (Å²) in [4.78, 5) is 49.2. The van der Waals surface area contributed by atoms with Gasteiger partial charge in [0.15, 0.2) is 0 Å². The molecule has 0 aliphatic carbocycles. The Morgan fingerprint density at radius 3 is 0.933 bits per heavy atom. The molecule has 4 aromatic heterocycles. The van der Waals surface area contributed by atoms with E-state index in [0.717, 1.165) is 11.3 Å². The number of ether oxygens (including phenoxy) is 4. The van der Waals surface area contributed by atoms with Crippen LogP contribution in [0, 0.1) is 6.92 Å². The summed E-state index contributed by atoms with van der Waals surface area (Å²) in [6.45, 7) is 35.0. The molecule has 0 spiro atoms. The monoisotopic (exact) mass is 2190 g/mol. The SMILES string of the molecule is CCC[CH2][Sn]([Cl])([CH2]CCC)[CH2]CCC.CCOC(=O)c1cc(-c2cc3sc([Si](C)(C)C)cc3s2)c(C(=O)OCC)cc1Br.CCOC(=O)c1cc(Br)c(C(=O)OCC)cc1Br.C[Si](C)(C)c1cc2sccc2s1.[CH2-]CCC.[Cl][Pd][Cl].[Li+].c1ccc(P(c2ccccc2)c2ccccc2)cc1.c1ccc(P(c2ccccc2)c2ccccc2)cc1. The topological polar surface area (TPSA) is 105 Å². The van der Waals surface area contributed by atoms with Crippen molar-refractivity contribution in [2.24, 2.45) is 0 Å². The number of benzene rings is 8. The van der Waals surface area contributed by atoms with E-state index < -0.39 is 73.1 Å². The average Bonchev–Trinajstić information content (AvgIpc) is 1.65. The van der Waals surface area contributed by atoms with E-state index in [1.807, 2.05) is 34.0 Å². The third kappa shape index (κ3) is 36.9. The number of unbranched alkanes of at least 4 members (excludes halogenated alkanes) is 4. The van der Waals surface area contributed by atoms with Crippen molar-refractivity contribution in [3.05, 3.63) is 278 Å². The number of rotatable bonds is 27. The first-order valence-electron chi connectivity index (χ1n) is 39.9. The zero-order valence-electron chi connectivity index (χ0n) is 71.2. The Morgan fingerprint density at radius 2 is 0.664 bits per heavy atom. The van der Waals surface area contributed by atoms with Gasteiger partial charge in [0.2, 0.25) is 0 Å². The number of hydrogen-bond acceptors (Lipinski definition) is 12. The normalized spacial score (nSPS) is 10.8. The fourth-order valence-corrected chi connectivity index (χ4v) is 39.4. The molecule has 12 aromatic rings. The number of carbonyl (C=O) groups excluding carboxylic acids is 4. The van der Waals surface area contributed by atoms with Gasteiger partial charge in [-0.15, -0.1) is 45.3 Å². The van der Waals surface area contributed by atoms with E-state index in [2.05, 4.69) is 333 Å². The smallest absolute Gasteiger partial charge is 0.0622 e. The van der Waals surface area contributed by atoms with Crippen LogP contribution in [0.4, 0.5) is 0 Å². The number of halogens is 6. The summed E-state index contributed by atoms with van der Waals surface area (Å²) >= 11 is 15.0. The van der Waals surface area contributed by atoms with Crippen LogP contribution in [-0.4, -0.2) is 83.7 Å². The van der Waals surface area contributed by atoms with Crippen LogP contribution in [0.5, 0.6) is 0 Å². The van der Waals surface area contributed by atoms with Crippen molar-refractivity contribution >= 4 is 254 Å². The minimum absolute atomic E-state index is 0. The molecule has 0 atom stereocenters. The van der Waals surface area contributed by atoms with Crippen LogP contribution < -0.4 is 59.7 Å². The van der Waals surface area contributed by atoms with E-state index in [9.17, 15) is 19.2 Å². The number of carbonyl (C=O) groups is 4. The quantitative estimate of drug-likeness (QED) is 0.0165. The Morgan fingerprint density at radius 1 is 0.395 bits per heavy atom. The van der Waals surface area contributed by atoms with Gasteiger partial charge in [0, 0.05) is 42.7 Å². The molecular formula is C94H113Br3Cl3LiO8P2PdS4Si2Sn. The molecule has 0 radical (unpaired) electrons. The van der Waals surface area contributed by atoms with Crippen LogP contribution in [0.25, 0.3) is 29.2 Å². The van der Waals surface area contributed by atoms with E-state index in [0.29, 0.717) is 54.4 Å². The third-order valence-electron chi connectivity index (χ3n) is 17.6. The van der Waals surface area contributed by atoms with E-state index in [4.69, 9.17) is 46.9 Å². The van der Waals surface area contributed by atoms with Crippen molar-refractivity contribution < 1.29 is 72.9 Å². The molecule has 0 aliphatic rings. The number of esters is 4. The summed E-state index contributed by atoms with van der Waals surface area (Å²) in [6, 6.07) is 80.1. The first kappa shape index (κ1) is 108. The fraction of sp³-hybridized carbons (Fsp3) is 0.309. The van der Waals surface area contributed by atoms with Crippen molar-refractivity contribution in [1.29, 1.82) is 0 Å². The second kappa shape index (κ2) is 58.8. The summed E-state index contributed by atoms with van der Waals surface area (Å²) in [5.41, 5.74) is 2.24. The molecule has 0 fully saturated rings. The van der Waals surface area contributed by atoms with E-state index in [1.54, 1.807) is 55.7 Å². The van der Waals surface area contributed by atoms with Crippen molar-refractivity contribution in [1.82, 2.24) is 0 Å². The molecule has 119 heavy (non-hydrogen) atoms. The Bertz CT molecular complexity index is 4470. The standard InChI is InChI=1S/C21H23BrO4S2Si.2C18H15P.C12H12Br2O4.C9H12S2Si.4C4H9.3ClH.Li.Pd.Sn/c1-6-25-20(23)13-9-15(22)14(21(24)26-7-2)8-12(13)16-10-17-18(27-16)11-19(28-17)29(3,4)5;2*1-4-10-16(11-5-1)19(17-12-6-2-7-13-17)18-14-8-3-9-15-18;1-3-17-11(15)7-5-10(14)8(6-9(7)13)12(16)18-4-2;1-12(2,3)9-6-8-7(11-9)4-5-10-8;4*1-3-4-2;;;;;;/h8-11H,6-7H2,1-5H3;2*1-15H;5-6H,3-4H2,1-2H3;4-6H,1-3H3;4*1,3-4H2,2H3;3*1H;;;/q;;;;;;;;-1;;;;+1;+2;+1/p-3. The molecular weight excluding hydrogens is 2080 g/mol. The van der Waals surface area contributed by atoms with Crippen molar-refractivity contribution in [2.75, 3.05) is 26.4 Å². The van der Waals surface area contributed by atoms with Crippen molar-refractivity contribution in [3.8, 4) is 10.4 Å². The summed E-state index contributed by atoms with van der Waals surface area (Å²) in [5, 5.41) is 10.6. The molecule has 0 unspecified atom stereocenters. The van der Waals surface area contributed by atoms with Gasteiger partial charge in [0.1, 0.15) is 0 Å². The predicted molar refractivity (Wildman–Crippen MR) is 537 cm³/mol. The van der Waals surface area contributed by atoms with Gasteiger partial charge in [-0.25, -0.2) is 19.2 Å². The summed E-state index contributed by atoms with van der Waals surface area (Å²) in [5.74, 6) is -1.71. The van der Waals surface area contributed by atoms with Gasteiger partial charge in [0.05, 0.1) is 64.8 Å². The van der Waals surface area contributed by atoms with E-state index >= 15 is 0 Å². The molecule has 8 aromatic carbocycles. The predicted octanol–water partition coefficient (Wildman–Crippen LogP) is 25.8. The second-order valence-corrected chi connectivity index (χ2v) is 69.4. The molecule has 25 heteroatoms. The molecule has 636 valence electrons. The van der Waals surface area contributed by atoms with Crippen LogP contribution in [-0.2, 0) is 34.9 Å². The van der Waals surface area contributed by atoms with Crippen LogP contribution in [0.15, 0.2) is 249 Å². The van der Waals surface area contributed by atoms with Gasteiger partial charge in [-0.05, 0) is 186 Å². The zero-order chi connectivity index (χ0) is 86.6. The van der Waals surface area contributed by atoms with Crippen LogP contribution >= 0.6 is 137 Å². The molecule has 4 heterocycles. The van der Waals surface area contributed by atoms with Gasteiger partial charge in [0.25, 0.3) is 0 Å². The molecule has 0 saturated heterocycles.